The van der Waals surface area contributed by atoms with Crippen LogP contribution in [-0.4, -0.2) is 60.4 Å². The molecule has 1 amide bonds. The molecule has 1 saturated heterocycles. The van der Waals surface area contributed by atoms with Crippen LogP contribution in [0.4, 0.5) is 4.79 Å². The largest absolute Gasteiger partial charge is 0.444 e. The first kappa shape index (κ1) is 16.7. The summed E-state index contributed by atoms with van der Waals surface area (Å²) in [5, 5.41) is 0. The Hall–Kier alpha value is -0.330. The molecule has 0 aromatic heterocycles. The number of ether oxygens (including phenoxy) is 3. The second-order valence-corrected chi connectivity index (χ2v) is 6.68. The smallest absolute Gasteiger partial charge is 0.410 e. The zero-order valence-electron chi connectivity index (χ0n) is 12.1. The zero-order chi connectivity index (χ0) is 14.5. The maximum atomic E-state index is 11.9. The van der Waals surface area contributed by atoms with E-state index in [9.17, 15) is 4.79 Å². The average molecular weight is 338 g/mol. The summed E-state index contributed by atoms with van der Waals surface area (Å²) in [5.41, 5.74) is -0.465. The molecule has 0 saturated carbocycles. The molecule has 0 aromatic rings. The Morgan fingerprint density at radius 2 is 2.00 bits per heavy atom. The van der Waals surface area contributed by atoms with E-state index in [4.69, 9.17) is 14.2 Å². The van der Waals surface area contributed by atoms with E-state index in [1.165, 1.54) is 0 Å². The van der Waals surface area contributed by atoms with Crippen molar-refractivity contribution in [2.24, 2.45) is 0 Å². The molecule has 2 unspecified atom stereocenters. The fourth-order valence-electron chi connectivity index (χ4n) is 1.77. The molecule has 1 aliphatic heterocycles. The molecule has 112 valence electrons. The zero-order valence-corrected chi connectivity index (χ0v) is 13.7. The third kappa shape index (κ3) is 6.10. The van der Waals surface area contributed by atoms with Crippen molar-refractivity contribution in [3.05, 3.63) is 0 Å². The van der Waals surface area contributed by atoms with Crippen molar-refractivity contribution in [2.75, 3.05) is 32.9 Å². The van der Waals surface area contributed by atoms with Gasteiger partial charge in [-0.3, -0.25) is 0 Å². The third-order valence-electron chi connectivity index (χ3n) is 2.61. The predicted octanol–water partition coefficient (Wildman–Crippen LogP) is 2.42. The van der Waals surface area contributed by atoms with Gasteiger partial charge in [0.05, 0.1) is 30.7 Å². The monoisotopic (exact) mass is 337 g/mol. The van der Waals surface area contributed by atoms with Gasteiger partial charge in [0.25, 0.3) is 0 Å². The molecule has 1 rings (SSSR count). The van der Waals surface area contributed by atoms with Crippen LogP contribution in [0.15, 0.2) is 0 Å². The number of nitrogens with zero attached hydrogens (tertiary/aromatic N) is 1. The standard InChI is InChI=1S/C13H24BrNO4/c1-5-17-6-7-18-11-9-15(8-10(11)14)12(16)19-13(2,3)4/h10-11H,5-9H2,1-4H3. The molecule has 0 spiro atoms. The van der Waals surface area contributed by atoms with Gasteiger partial charge in [-0.1, -0.05) is 15.9 Å². The Morgan fingerprint density at radius 3 is 2.58 bits per heavy atom. The minimum atomic E-state index is -0.465. The number of amides is 1. The molecular weight excluding hydrogens is 314 g/mol. The number of rotatable bonds is 5. The van der Waals surface area contributed by atoms with Gasteiger partial charge < -0.3 is 19.1 Å². The number of hydrogen-bond donors (Lipinski definition) is 0. The van der Waals surface area contributed by atoms with Gasteiger partial charge in [-0.2, -0.15) is 0 Å². The summed E-state index contributed by atoms with van der Waals surface area (Å²) in [6.07, 6.45) is -0.291. The lowest BCUT2D eigenvalue weighted by Gasteiger charge is -2.24. The van der Waals surface area contributed by atoms with Gasteiger partial charge in [0.2, 0.25) is 0 Å². The molecule has 1 aliphatic rings. The van der Waals surface area contributed by atoms with Crippen LogP contribution in [0.1, 0.15) is 27.7 Å². The van der Waals surface area contributed by atoms with Crippen LogP contribution in [-0.2, 0) is 14.2 Å². The number of alkyl halides is 1. The molecule has 1 heterocycles. The Balaban J connectivity index is 2.35. The number of carbonyl (C=O) groups excluding carboxylic acids is 1. The average Bonchev–Trinajstić information content (AvgIpc) is 2.64. The number of likely N-dealkylation sites (tertiary alicyclic amines) is 1. The maximum Gasteiger partial charge on any atom is 0.410 e. The molecule has 0 bridgehead atoms. The predicted molar refractivity (Wildman–Crippen MR) is 76.8 cm³/mol. The van der Waals surface area contributed by atoms with Crippen molar-refractivity contribution in [3.8, 4) is 0 Å². The lowest BCUT2D eigenvalue weighted by atomic mass is 10.2. The van der Waals surface area contributed by atoms with Crippen LogP contribution in [0, 0.1) is 0 Å². The van der Waals surface area contributed by atoms with Gasteiger partial charge in [0.1, 0.15) is 5.60 Å². The van der Waals surface area contributed by atoms with E-state index in [0.29, 0.717) is 32.9 Å². The van der Waals surface area contributed by atoms with Gasteiger partial charge in [-0.05, 0) is 27.7 Å². The van der Waals surface area contributed by atoms with E-state index < -0.39 is 5.60 Å². The molecule has 19 heavy (non-hydrogen) atoms. The van der Waals surface area contributed by atoms with Crippen molar-refractivity contribution in [1.82, 2.24) is 4.90 Å². The van der Waals surface area contributed by atoms with E-state index >= 15 is 0 Å². The Kier molecular flexibility index (Phi) is 6.56. The first-order valence-corrected chi connectivity index (χ1v) is 7.56. The molecule has 0 aliphatic carbocycles. The Labute approximate surface area is 123 Å². The van der Waals surface area contributed by atoms with Crippen LogP contribution in [0.3, 0.4) is 0 Å². The number of hydrogen-bond acceptors (Lipinski definition) is 4. The van der Waals surface area contributed by atoms with Gasteiger partial charge >= 0.3 is 6.09 Å². The third-order valence-corrected chi connectivity index (χ3v) is 3.49. The summed E-state index contributed by atoms with van der Waals surface area (Å²) < 4.78 is 16.3. The van der Waals surface area contributed by atoms with Gasteiger partial charge in [-0.25, -0.2) is 4.79 Å². The summed E-state index contributed by atoms with van der Waals surface area (Å²) in [6.45, 7) is 10.5. The molecule has 0 N–H and O–H groups in total. The summed E-state index contributed by atoms with van der Waals surface area (Å²) in [4.78, 5) is 13.7. The van der Waals surface area contributed by atoms with Crippen LogP contribution < -0.4 is 0 Å². The second kappa shape index (κ2) is 7.45. The fourth-order valence-corrected chi connectivity index (χ4v) is 2.44. The number of halogens is 1. The van der Waals surface area contributed by atoms with E-state index in [0.717, 1.165) is 0 Å². The number of carbonyl (C=O) groups is 1. The lowest BCUT2D eigenvalue weighted by Crippen LogP contribution is -2.36. The fraction of sp³-hybridized carbons (Fsp3) is 0.923. The second-order valence-electron chi connectivity index (χ2n) is 5.51. The molecule has 2 atom stereocenters. The van der Waals surface area contributed by atoms with Crippen LogP contribution >= 0.6 is 15.9 Å². The summed E-state index contributed by atoms with van der Waals surface area (Å²) >= 11 is 3.55. The SMILES string of the molecule is CCOCCOC1CN(C(=O)OC(C)(C)C)CC1Br. The van der Waals surface area contributed by atoms with Crippen molar-refractivity contribution < 1.29 is 19.0 Å². The molecule has 6 heteroatoms. The molecule has 1 fully saturated rings. The highest BCUT2D eigenvalue weighted by atomic mass is 79.9. The Bertz CT molecular complexity index is 293. The summed E-state index contributed by atoms with van der Waals surface area (Å²) in [7, 11) is 0. The molecular formula is C13H24BrNO4. The van der Waals surface area contributed by atoms with Gasteiger partial charge in [0.15, 0.2) is 0 Å². The quantitative estimate of drug-likeness (QED) is 0.571. The minimum Gasteiger partial charge on any atom is -0.444 e. The highest BCUT2D eigenvalue weighted by molar-refractivity contribution is 9.09. The lowest BCUT2D eigenvalue weighted by molar-refractivity contribution is 0.00605. The molecule has 0 aromatic carbocycles. The van der Waals surface area contributed by atoms with E-state index in [-0.39, 0.29) is 17.0 Å². The minimum absolute atomic E-state index is 0.00651. The normalized spacial score (nSPS) is 23.7. The van der Waals surface area contributed by atoms with Crippen LogP contribution in [0.25, 0.3) is 0 Å². The van der Waals surface area contributed by atoms with Gasteiger partial charge in [0, 0.05) is 13.2 Å². The summed E-state index contributed by atoms with van der Waals surface area (Å²) in [6, 6.07) is 0. The van der Waals surface area contributed by atoms with E-state index in [1.807, 2.05) is 27.7 Å². The highest BCUT2D eigenvalue weighted by Crippen LogP contribution is 2.22. The van der Waals surface area contributed by atoms with Crippen LogP contribution in [0.5, 0.6) is 0 Å². The first-order chi connectivity index (χ1) is 8.83. The van der Waals surface area contributed by atoms with Gasteiger partial charge in [-0.15, -0.1) is 0 Å². The van der Waals surface area contributed by atoms with E-state index in [2.05, 4.69) is 15.9 Å². The summed E-state index contributed by atoms with van der Waals surface area (Å²) in [5.74, 6) is 0. The van der Waals surface area contributed by atoms with E-state index in [1.54, 1.807) is 4.90 Å². The van der Waals surface area contributed by atoms with Crippen molar-refractivity contribution >= 4 is 22.0 Å². The first-order valence-electron chi connectivity index (χ1n) is 6.65. The van der Waals surface area contributed by atoms with Crippen LogP contribution in [0.2, 0.25) is 0 Å². The maximum absolute atomic E-state index is 11.9. The van der Waals surface area contributed by atoms with Crippen molar-refractivity contribution in [2.45, 2.75) is 44.2 Å². The topological polar surface area (TPSA) is 48.0 Å². The van der Waals surface area contributed by atoms with Crippen molar-refractivity contribution in [3.63, 3.8) is 0 Å². The van der Waals surface area contributed by atoms with Crippen molar-refractivity contribution in [1.29, 1.82) is 0 Å². The highest BCUT2D eigenvalue weighted by Gasteiger charge is 2.36. The molecule has 5 nitrogen and oxygen atoms in total. The molecule has 0 radical (unpaired) electrons. The Morgan fingerprint density at radius 1 is 1.32 bits per heavy atom.